The highest BCUT2D eigenvalue weighted by Crippen LogP contribution is 2.44. The Kier molecular flexibility index (Phi) is 4.67. The summed E-state index contributed by atoms with van der Waals surface area (Å²) < 4.78 is 5.15. The van der Waals surface area contributed by atoms with Crippen molar-refractivity contribution >= 4 is 23.3 Å². The quantitative estimate of drug-likeness (QED) is 0.640. The number of hydrogen-bond acceptors (Lipinski definition) is 3. The molecule has 0 aromatic rings. The lowest BCUT2D eigenvalue weighted by Crippen LogP contribution is -2.50. The molecule has 2 bridgehead atoms. The number of piperidine rings is 1. The van der Waals surface area contributed by atoms with Gasteiger partial charge in [-0.3, -0.25) is 4.79 Å². The minimum absolute atomic E-state index is 0.0153. The standard InChI is InChI=1S/C16H26N2O2S/c1-2-20-15(19)13-4-3-7-18(10-13)16(21)17-14-9-11-5-6-12(14)8-11/h11-14H,2-10H2,1H3,(H,17,21)/t11-,12-,13-,14-/m0/s1. The molecule has 3 fully saturated rings. The molecule has 2 aliphatic carbocycles. The average molecular weight is 310 g/mol. The fourth-order valence-corrected chi connectivity index (χ4v) is 4.60. The highest BCUT2D eigenvalue weighted by Gasteiger charge is 2.40. The molecule has 1 saturated heterocycles. The Labute approximate surface area is 132 Å². The zero-order valence-corrected chi connectivity index (χ0v) is 13.7. The fourth-order valence-electron chi connectivity index (χ4n) is 4.29. The van der Waals surface area contributed by atoms with E-state index in [4.69, 9.17) is 17.0 Å². The molecule has 21 heavy (non-hydrogen) atoms. The molecule has 4 nitrogen and oxygen atoms in total. The lowest BCUT2D eigenvalue weighted by atomic mass is 9.95. The number of rotatable bonds is 3. The summed E-state index contributed by atoms with van der Waals surface area (Å²) in [6.45, 7) is 4.00. The molecule has 0 spiro atoms. The molecule has 3 rings (SSSR count). The van der Waals surface area contributed by atoms with Crippen LogP contribution in [-0.4, -0.2) is 41.7 Å². The van der Waals surface area contributed by atoms with E-state index in [9.17, 15) is 4.79 Å². The van der Waals surface area contributed by atoms with Gasteiger partial charge in [0, 0.05) is 19.1 Å². The molecule has 5 heteroatoms. The van der Waals surface area contributed by atoms with E-state index in [-0.39, 0.29) is 11.9 Å². The van der Waals surface area contributed by atoms with Gasteiger partial charge >= 0.3 is 5.97 Å². The molecule has 1 aliphatic heterocycles. The Bertz CT molecular complexity index is 415. The maximum Gasteiger partial charge on any atom is 0.310 e. The second kappa shape index (κ2) is 6.51. The van der Waals surface area contributed by atoms with E-state index in [2.05, 4.69) is 10.2 Å². The number of carbonyl (C=O) groups excluding carboxylic acids is 1. The van der Waals surface area contributed by atoms with Crippen LogP contribution in [-0.2, 0) is 9.53 Å². The van der Waals surface area contributed by atoms with Crippen LogP contribution in [0.3, 0.4) is 0 Å². The van der Waals surface area contributed by atoms with Gasteiger partial charge < -0.3 is 15.0 Å². The summed E-state index contributed by atoms with van der Waals surface area (Å²) in [6.07, 6.45) is 7.36. The van der Waals surface area contributed by atoms with Gasteiger partial charge in [0.1, 0.15) is 0 Å². The summed E-state index contributed by atoms with van der Waals surface area (Å²) in [5.74, 6) is 1.66. The van der Waals surface area contributed by atoms with Crippen molar-refractivity contribution in [3.63, 3.8) is 0 Å². The summed E-state index contributed by atoms with van der Waals surface area (Å²) >= 11 is 5.59. The van der Waals surface area contributed by atoms with Crippen LogP contribution in [0.2, 0.25) is 0 Å². The first-order chi connectivity index (χ1) is 10.2. The number of thiocarbonyl (C=S) groups is 1. The third-order valence-corrected chi connectivity index (χ3v) is 5.75. The molecular formula is C16H26N2O2S. The van der Waals surface area contributed by atoms with Gasteiger partial charge in [-0.15, -0.1) is 0 Å². The SMILES string of the molecule is CCOC(=O)[C@H]1CCCN(C(=S)N[C@H]2C[C@H]3CC[C@H]2C3)C1. The largest absolute Gasteiger partial charge is 0.466 e. The monoisotopic (exact) mass is 310 g/mol. The Balaban J connectivity index is 1.51. The predicted octanol–water partition coefficient (Wildman–Crippen LogP) is 2.32. The Morgan fingerprint density at radius 3 is 2.86 bits per heavy atom. The highest BCUT2D eigenvalue weighted by molar-refractivity contribution is 7.80. The molecule has 1 N–H and O–H groups in total. The van der Waals surface area contributed by atoms with Crippen LogP contribution in [0.25, 0.3) is 0 Å². The molecule has 0 aromatic carbocycles. The number of fused-ring (bicyclic) bond motifs is 2. The summed E-state index contributed by atoms with van der Waals surface area (Å²) in [4.78, 5) is 14.1. The summed E-state index contributed by atoms with van der Waals surface area (Å²) in [7, 11) is 0. The smallest absolute Gasteiger partial charge is 0.310 e. The van der Waals surface area contributed by atoms with Gasteiger partial charge in [-0.2, -0.15) is 0 Å². The van der Waals surface area contributed by atoms with Gasteiger partial charge in [-0.1, -0.05) is 6.42 Å². The molecule has 118 valence electrons. The van der Waals surface area contributed by atoms with Crippen LogP contribution in [0.1, 0.15) is 45.4 Å². The van der Waals surface area contributed by atoms with E-state index in [0.29, 0.717) is 19.2 Å². The van der Waals surface area contributed by atoms with E-state index < -0.39 is 0 Å². The van der Waals surface area contributed by atoms with Crippen molar-refractivity contribution in [1.82, 2.24) is 10.2 Å². The van der Waals surface area contributed by atoms with Crippen LogP contribution < -0.4 is 5.32 Å². The van der Waals surface area contributed by atoms with Crippen molar-refractivity contribution in [3.05, 3.63) is 0 Å². The molecule has 3 aliphatic rings. The molecule has 0 unspecified atom stereocenters. The summed E-state index contributed by atoms with van der Waals surface area (Å²) in [5, 5.41) is 4.43. The third kappa shape index (κ3) is 3.33. The minimum Gasteiger partial charge on any atom is -0.466 e. The zero-order chi connectivity index (χ0) is 14.8. The molecule has 0 aromatic heterocycles. The van der Waals surface area contributed by atoms with Crippen molar-refractivity contribution in [2.24, 2.45) is 17.8 Å². The first kappa shape index (κ1) is 15.1. The van der Waals surface area contributed by atoms with Crippen LogP contribution in [0.5, 0.6) is 0 Å². The maximum atomic E-state index is 11.9. The van der Waals surface area contributed by atoms with Crippen LogP contribution in [0.15, 0.2) is 0 Å². The number of nitrogens with zero attached hydrogens (tertiary/aromatic N) is 1. The van der Waals surface area contributed by atoms with Crippen molar-refractivity contribution in [3.8, 4) is 0 Å². The second-order valence-corrected chi connectivity index (χ2v) is 7.15. The van der Waals surface area contributed by atoms with Crippen LogP contribution >= 0.6 is 12.2 Å². The lowest BCUT2D eigenvalue weighted by molar-refractivity contribution is -0.149. The van der Waals surface area contributed by atoms with Gasteiger partial charge in [0.25, 0.3) is 0 Å². The van der Waals surface area contributed by atoms with Crippen molar-refractivity contribution in [2.75, 3.05) is 19.7 Å². The van der Waals surface area contributed by atoms with E-state index >= 15 is 0 Å². The van der Waals surface area contributed by atoms with Gasteiger partial charge in [-0.25, -0.2) is 0 Å². The molecule has 0 amide bonds. The van der Waals surface area contributed by atoms with Crippen LogP contribution in [0, 0.1) is 17.8 Å². The third-order valence-electron chi connectivity index (χ3n) is 5.38. The number of ether oxygens (including phenoxy) is 1. The van der Waals surface area contributed by atoms with E-state index in [1.807, 2.05) is 6.92 Å². The van der Waals surface area contributed by atoms with Gasteiger partial charge in [0.15, 0.2) is 5.11 Å². The summed E-state index contributed by atoms with van der Waals surface area (Å²) in [6, 6.07) is 0.569. The first-order valence-electron chi connectivity index (χ1n) is 8.39. The van der Waals surface area contributed by atoms with E-state index in [1.165, 1.54) is 25.7 Å². The van der Waals surface area contributed by atoms with Gasteiger partial charge in [0.05, 0.1) is 12.5 Å². The summed E-state index contributed by atoms with van der Waals surface area (Å²) in [5.41, 5.74) is 0. The highest BCUT2D eigenvalue weighted by atomic mass is 32.1. The first-order valence-corrected chi connectivity index (χ1v) is 8.80. The molecular weight excluding hydrogens is 284 g/mol. The van der Waals surface area contributed by atoms with Gasteiger partial charge in [0.2, 0.25) is 0 Å². The maximum absolute atomic E-state index is 11.9. The van der Waals surface area contributed by atoms with Crippen molar-refractivity contribution in [2.45, 2.75) is 51.5 Å². The molecule has 4 atom stereocenters. The topological polar surface area (TPSA) is 41.6 Å². The number of nitrogens with one attached hydrogen (secondary N) is 1. The zero-order valence-electron chi connectivity index (χ0n) is 12.8. The normalized spacial score (nSPS) is 34.8. The number of carbonyl (C=O) groups is 1. The average Bonchev–Trinajstić information content (AvgIpc) is 3.10. The Hall–Kier alpha value is -0.840. The fraction of sp³-hybridized carbons (Fsp3) is 0.875. The van der Waals surface area contributed by atoms with Crippen molar-refractivity contribution < 1.29 is 9.53 Å². The number of esters is 1. The van der Waals surface area contributed by atoms with Crippen molar-refractivity contribution in [1.29, 1.82) is 0 Å². The predicted molar refractivity (Wildman–Crippen MR) is 85.9 cm³/mol. The second-order valence-electron chi connectivity index (χ2n) is 6.77. The van der Waals surface area contributed by atoms with E-state index in [0.717, 1.165) is 36.3 Å². The molecule has 2 saturated carbocycles. The van der Waals surface area contributed by atoms with Gasteiger partial charge in [-0.05, 0) is 63.1 Å². The Morgan fingerprint density at radius 1 is 1.33 bits per heavy atom. The molecule has 1 heterocycles. The Morgan fingerprint density at radius 2 is 2.19 bits per heavy atom. The lowest BCUT2D eigenvalue weighted by Gasteiger charge is -2.35. The minimum atomic E-state index is -0.0649. The number of hydrogen-bond donors (Lipinski definition) is 1. The number of likely N-dealkylation sites (tertiary alicyclic amines) is 1. The van der Waals surface area contributed by atoms with E-state index in [1.54, 1.807) is 0 Å². The molecule has 0 radical (unpaired) electrons. The van der Waals surface area contributed by atoms with Crippen LogP contribution in [0.4, 0.5) is 0 Å².